The van der Waals surface area contributed by atoms with Crippen LogP contribution < -0.4 is 15.7 Å². The quantitative estimate of drug-likeness (QED) is 0.588. The maximum atomic E-state index is 12.2. The van der Waals surface area contributed by atoms with Crippen LogP contribution in [0.25, 0.3) is 11.3 Å². The lowest BCUT2D eigenvalue weighted by atomic mass is 10.2. The third kappa shape index (κ3) is 4.06. The highest BCUT2D eigenvalue weighted by molar-refractivity contribution is 7.99. The highest BCUT2D eigenvalue weighted by atomic mass is 32.2. The summed E-state index contributed by atoms with van der Waals surface area (Å²) in [5.41, 5.74) is 1.52. The molecular formula is C17H17N5O3S2. The molecule has 8 nitrogen and oxygen atoms in total. The zero-order valence-corrected chi connectivity index (χ0v) is 16.1. The van der Waals surface area contributed by atoms with Crippen molar-refractivity contribution < 1.29 is 9.53 Å². The number of amides is 1. The number of thioether (sulfide) groups is 1. The zero-order chi connectivity index (χ0) is 18.8. The average molecular weight is 403 g/mol. The number of aromatic nitrogens is 4. The molecule has 10 heteroatoms. The molecule has 0 saturated heterocycles. The molecule has 2 N–H and O–H groups in total. The van der Waals surface area contributed by atoms with E-state index in [9.17, 15) is 9.59 Å². The summed E-state index contributed by atoms with van der Waals surface area (Å²) in [6.07, 6.45) is 1.96. The molecule has 1 aliphatic carbocycles. The number of aromatic amines is 1. The molecule has 1 fully saturated rings. The molecule has 140 valence electrons. The molecule has 27 heavy (non-hydrogen) atoms. The summed E-state index contributed by atoms with van der Waals surface area (Å²) in [6, 6.07) is 7.79. The fourth-order valence-corrected chi connectivity index (χ4v) is 4.11. The lowest BCUT2D eigenvalue weighted by Crippen LogP contribution is -2.17. The van der Waals surface area contributed by atoms with E-state index in [1.54, 1.807) is 11.7 Å². The number of carbonyl (C=O) groups is 1. The van der Waals surface area contributed by atoms with Crippen molar-refractivity contribution in [2.24, 2.45) is 0 Å². The normalized spacial score (nSPS) is 13.5. The highest BCUT2D eigenvalue weighted by Crippen LogP contribution is 2.36. The first-order valence-electron chi connectivity index (χ1n) is 8.33. The van der Waals surface area contributed by atoms with Crippen LogP contribution in [0.3, 0.4) is 0 Å². The summed E-state index contributed by atoms with van der Waals surface area (Å²) >= 11 is 2.61. The predicted octanol–water partition coefficient (Wildman–Crippen LogP) is 2.77. The molecule has 0 radical (unpaired) electrons. The minimum Gasteiger partial charge on any atom is -0.497 e. The summed E-state index contributed by atoms with van der Waals surface area (Å²) < 4.78 is 6.78. The first kappa shape index (κ1) is 17.8. The van der Waals surface area contributed by atoms with Crippen LogP contribution >= 0.6 is 23.1 Å². The van der Waals surface area contributed by atoms with Crippen molar-refractivity contribution in [2.45, 2.75) is 24.0 Å². The van der Waals surface area contributed by atoms with E-state index in [0.29, 0.717) is 10.3 Å². The topological polar surface area (TPSA) is 102 Å². The first-order chi connectivity index (χ1) is 13.1. The lowest BCUT2D eigenvalue weighted by molar-refractivity contribution is -0.113. The van der Waals surface area contributed by atoms with Gasteiger partial charge >= 0.3 is 5.69 Å². The van der Waals surface area contributed by atoms with Gasteiger partial charge < -0.3 is 10.1 Å². The smallest absolute Gasteiger partial charge is 0.344 e. The molecule has 2 heterocycles. The molecule has 1 aliphatic rings. The van der Waals surface area contributed by atoms with Gasteiger partial charge in [-0.1, -0.05) is 11.8 Å². The molecule has 3 aromatic rings. The van der Waals surface area contributed by atoms with Gasteiger partial charge in [0.05, 0.1) is 18.6 Å². The van der Waals surface area contributed by atoms with Crippen LogP contribution in [0.15, 0.2) is 39.6 Å². The van der Waals surface area contributed by atoms with Crippen LogP contribution in [0.4, 0.5) is 5.13 Å². The number of thiazole rings is 1. The Morgan fingerprint density at radius 1 is 1.41 bits per heavy atom. The number of nitrogens with zero attached hydrogens (tertiary/aromatic N) is 3. The van der Waals surface area contributed by atoms with Crippen LogP contribution in [0, 0.1) is 0 Å². The van der Waals surface area contributed by atoms with Crippen molar-refractivity contribution in [1.29, 1.82) is 0 Å². The third-order valence-corrected chi connectivity index (χ3v) is 5.76. The Bertz CT molecular complexity index is 1000. The number of ether oxygens (including phenoxy) is 1. The van der Waals surface area contributed by atoms with Gasteiger partial charge in [-0.05, 0) is 37.1 Å². The molecule has 0 bridgehead atoms. The maximum Gasteiger partial charge on any atom is 0.344 e. The second-order valence-electron chi connectivity index (χ2n) is 6.02. The SMILES string of the molecule is COc1ccc(-c2csc(NC(=O)CSc3n[nH]c(=O)n3C3CC3)n2)cc1. The van der Waals surface area contributed by atoms with Gasteiger partial charge in [-0.15, -0.1) is 16.4 Å². The lowest BCUT2D eigenvalue weighted by Gasteiger charge is -2.03. The molecule has 0 aliphatic heterocycles. The molecule has 1 aromatic carbocycles. The van der Waals surface area contributed by atoms with E-state index in [4.69, 9.17) is 4.74 Å². The molecule has 0 atom stereocenters. The number of H-pyrrole nitrogens is 1. The molecule has 0 unspecified atom stereocenters. The largest absolute Gasteiger partial charge is 0.497 e. The Hall–Kier alpha value is -2.59. The zero-order valence-electron chi connectivity index (χ0n) is 14.5. The van der Waals surface area contributed by atoms with Gasteiger partial charge in [-0.3, -0.25) is 9.36 Å². The number of hydrogen-bond acceptors (Lipinski definition) is 7. The predicted molar refractivity (Wildman–Crippen MR) is 105 cm³/mol. The van der Waals surface area contributed by atoms with E-state index in [1.807, 2.05) is 29.6 Å². The molecule has 1 amide bonds. The number of anilines is 1. The van der Waals surface area contributed by atoms with Crippen LogP contribution in [0.2, 0.25) is 0 Å². The van der Waals surface area contributed by atoms with Crippen LogP contribution in [-0.2, 0) is 4.79 Å². The summed E-state index contributed by atoms with van der Waals surface area (Å²) in [4.78, 5) is 28.4. The number of hydrogen-bond donors (Lipinski definition) is 2. The number of nitrogens with one attached hydrogen (secondary N) is 2. The van der Waals surface area contributed by atoms with Gasteiger partial charge in [-0.2, -0.15) is 0 Å². The second kappa shape index (κ2) is 7.57. The monoisotopic (exact) mass is 403 g/mol. The fraction of sp³-hybridized carbons (Fsp3) is 0.294. The van der Waals surface area contributed by atoms with E-state index in [2.05, 4.69) is 20.5 Å². The standard InChI is InChI=1S/C17H17N5O3S2/c1-25-12-6-2-10(3-7-12)13-8-26-15(18-13)19-14(23)9-27-17-21-20-16(24)22(17)11-4-5-11/h2-3,6-8,11H,4-5,9H2,1H3,(H,20,24)(H,18,19,23). The van der Waals surface area contributed by atoms with E-state index in [-0.39, 0.29) is 23.4 Å². The minimum atomic E-state index is -0.218. The van der Waals surface area contributed by atoms with Crippen molar-refractivity contribution in [3.05, 3.63) is 40.1 Å². The average Bonchev–Trinajstić information content (AvgIpc) is 3.29. The number of rotatable bonds is 7. The van der Waals surface area contributed by atoms with E-state index in [1.165, 1.54) is 23.1 Å². The van der Waals surface area contributed by atoms with E-state index < -0.39 is 0 Å². The Morgan fingerprint density at radius 2 is 2.19 bits per heavy atom. The summed E-state index contributed by atoms with van der Waals surface area (Å²) in [7, 11) is 1.62. The molecule has 2 aromatic heterocycles. The second-order valence-corrected chi connectivity index (χ2v) is 7.82. The van der Waals surface area contributed by atoms with Crippen molar-refractivity contribution in [1.82, 2.24) is 19.7 Å². The van der Waals surface area contributed by atoms with Crippen molar-refractivity contribution >= 4 is 34.1 Å². The van der Waals surface area contributed by atoms with E-state index >= 15 is 0 Å². The van der Waals surface area contributed by atoms with Crippen molar-refractivity contribution in [2.75, 3.05) is 18.2 Å². The summed E-state index contributed by atoms with van der Waals surface area (Å²) in [5.74, 6) is 0.755. The highest BCUT2D eigenvalue weighted by Gasteiger charge is 2.28. The van der Waals surface area contributed by atoms with Crippen molar-refractivity contribution in [3.63, 3.8) is 0 Å². The Kier molecular flexibility index (Phi) is 4.99. The Morgan fingerprint density at radius 3 is 2.89 bits per heavy atom. The van der Waals surface area contributed by atoms with Gasteiger partial charge in [0.1, 0.15) is 5.75 Å². The van der Waals surface area contributed by atoms with Crippen LogP contribution in [0.1, 0.15) is 18.9 Å². The van der Waals surface area contributed by atoms with Gasteiger partial charge in [0, 0.05) is 17.0 Å². The molecular weight excluding hydrogens is 386 g/mol. The van der Waals surface area contributed by atoms with E-state index in [0.717, 1.165) is 29.8 Å². The molecule has 0 spiro atoms. The van der Waals surface area contributed by atoms with Gasteiger partial charge in [0.15, 0.2) is 10.3 Å². The first-order valence-corrected chi connectivity index (χ1v) is 10.2. The third-order valence-electron chi connectivity index (χ3n) is 4.05. The Balaban J connectivity index is 1.36. The van der Waals surface area contributed by atoms with Crippen LogP contribution in [0.5, 0.6) is 5.75 Å². The summed E-state index contributed by atoms with van der Waals surface area (Å²) in [6.45, 7) is 0. The summed E-state index contributed by atoms with van der Waals surface area (Å²) in [5, 5.41) is 12.2. The van der Waals surface area contributed by atoms with Gasteiger partial charge in [-0.25, -0.2) is 14.9 Å². The van der Waals surface area contributed by atoms with Crippen LogP contribution in [-0.4, -0.2) is 38.5 Å². The fourth-order valence-electron chi connectivity index (χ4n) is 2.56. The van der Waals surface area contributed by atoms with Gasteiger partial charge in [0.2, 0.25) is 5.91 Å². The van der Waals surface area contributed by atoms with Gasteiger partial charge in [0.25, 0.3) is 0 Å². The Labute approximate surface area is 163 Å². The molecule has 1 saturated carbocycles. The maximum absolute atomic E-state index is 12.2. The minimum absolute atomic E-state index is 0.161. The number of methoxy groups -OCH3 is 1. The molecule has 4 rings (SSSR count). The number of benzene rings is 1. The number of carbonyl (C=O) groups excluding carboxylic acids is 1. The van der Waals surface area contributed by atoms with Crippen molar-refractivity contribution in [3.8, 4) is 17.0 Å².